The van der Waals surface area contributed by atoms with Crippen molar-refractivity contribution in [3.8, 4) is 5.75 Å². The van der Waals surface area contributed by atoms with Crippen molar-refractivity contribution in [3.63, 3.8) is 0 Å². The van der Waals surface area contributed by atoms with Crippen LogP contribution in [0.1, 0.15) is 31.4 Å². The van der Waals surface area contributed by atoms with Gasteiger partial charge in [0.2, 0.25) is 15.9 Å². The Morgan fingerprint density at radius 2 is 1.89 bits per heavy atom. The predicted molar refractivity (Wildman–Crippen MR) is 107 cm³/mol. The fraction of sp³-hybridized carbons (Fsp3) is 0.350. The van der Waals surface area contributed by atoms with Crippen LogP contribution < -0.4 is 9.64 Å². The van der Waals surface area contributed by atoms with E-state index in [1.165, 1.54) is 13.0 Å². The first-order valence-electron chi connectivity index (χ1n) is 9.20. The minimum Gasteiger partial charge on any atom is -0.489 e. The molecule has 1 atom stereocenters. The Bertz CT molecular complexity index is 1010. The highest BCUT2D eigenvalue weighted by Crippen LogP contribution is 2.39. The zero-order valence-corrected chi connectivity index (χ0v) is 17.0. The average molecular weight is 421 g/mol. The molecule has 0 spiro atoms. The smallest absolute Gasteiger partial charge is 0.243 e. The van der Waals surface area contributed by atoms with Gasteiger partial charge in [-0.2, -0.15) is 4.31 Å². The zero-order valence-electron chi connectivity index (χ0n) is 15.5. The number of amides is 1. The van der Waals surface area contributed by atoms with Crippen LogP contribution in [0.25, 0.3) is 0 Å². The van der Waals surface area contributed by atoms with Crippen LogP contribution >= 0.6 is 11.6 Å². The molecule has 0 bridgehead atoms. The molecule has 0 aliphatic carbocycles. The molecule has 28 heavy (non-hydrogen) atoms. The van der Waals surface area contributed by atoms with Gasteiger partial charge in [-0.25, -0.2) is 8.42 Å². The number of carbonyl (C=O) groups is 1. The lowest BCUT2D eigenvalue weighted by Gasteiger charge is -2.30. The Labute approximate surface area is 169 Å². The van der Waals surface area contributed by atoms with Gasteiger partial charge in [-0.3, -0.25) is 4.79 Å². The standard InChI is InChI=1S/C20H21ClN2O4S/c1-14(24)22-11-12-27-20-13-17(8-9-19(20)22)28(25,26)23-10-2-3-18(23)15-4-6-16(21)7-5-15/h4-9,13,18H,2-3,10-12H2,1H3/t18-/m0/s1. The fourth-order valence-electron chi connectivity index (χ4n) is 3.87. The summed E-state index contributed by atoms with van der Waals surface area (Å²) in [4.78, 5) is 13.6. The number of hydrogen-bond donors (Lipinski definition) is 0. The number of benzene rings is 2. The molecule has 8 heteroatoms. The highest BCUT2D eigenvalue weighted by Gasteiger charge is 2.37. The molecule has 2 heterocycles. The van der Waals surface area contributed by atoms with Crippen molar-refractivity contribution in [2.45, 2.75) is 30.7 Å². The molecule has 0 aromatic heterocycles. The van der Waals surface area contributed by atoms with Crippen molar-refractivity contribution in [1.29, 1.82) is 0 Å². The first-order chi connectivity index (χ1) is 13.4. The Hall–Kier alpha value is -2.09. The monoisotopic (exact) mass is 420 g/mol. The highest BCUT2D eigenvalue weighted by molar-refractivity contribution is 7.89. The molecule has 2 aromatic carbocycles. The molecule has 0 saturated carbocycles. The van der Waals surface area contributed by atoms with E-state index in [1.54, 1.807) is 33.5 Å². The number of sulfonamides is 1. The lowest BCUT2D eigenvalue weighted by molar-refractivity contribution is -0.116. The third kappa shape index (κ3) is 3.38. The summed E-state index contributed by atoms with van der Waals surface area (Å²) in [6.07, 6.45) is 1.56. The third-order valence-corrected chi connectivity index (χ3v) is 7.40. The van der Waals surface area contributed by atoms with E-state index in [2.05, 4.69) is 0 Å². The van der Waals surface area contributed by atoms with Crippen LogP contribution in [0.15, 0.2) is 47.4 Å². The predicted octanol–water partition coefficient (Wildman–Crippen LogP) is 3.61. The minimum absolute atomic E-state index is 0.0949. The number of hydrogen-bond acceptors (Lipinski definition) is 4. The van der Waals surface area contributed by atoms with Gasteiger partial charge in [0.1, 0.15) is 12.4 Å². The zero-order chi connectivity index (χ0) is 19.9. The van der Waals surface area contributed by atoms with E-state index >= 15 is 0 Å². The second-order valence-electron chi connectivity index (χ2n) is 6.97. The lowest BCUT2D eigenvalue weighted by Crippen LogP contribution is -2.36. The molecule has 1 amide bonds. The summed E-state index contributed by atoms with van der Waals surface area (Å²) >= 11 is 5.97. The van der Waals surface area contributed by atoms with E-state index in [-0.39, 0.29) is 16.8 Å². The number of carbonyl (C=O) groups excluding carboxylic acids is 1. The van der Waals surface area contributed by atoms with Crippen LogP contribution in [0.2, 0.25) is 5.02 Å². The second kappa shape index (κ2) is 7.39. The van der Waals surface area contributed by atoms with Gasteiger partial charge in [0.05, 0.1) is 23.2 Å². The molecule has 0 unspecified atom stereocenters. The van der Waals surface area contributed by atoms with E-state index < -0.39 is 10.0 Å². The van der Waals surface area contributed by atoms with E-state index in [9.17, 15) is 13.2 Å². The topological polar surface area (TPSA) is 66.9 Å². The summed E-state index contributed by atoms with van der Waals surface area (Å²) in [7, 11) is -3.70. The van der Waals surface area contributed by atoms with Crippen molar-refractivity contribution >= 4 is 33.2 Å². The SMILES string of the molecule is CC(=O)N1CCOc2cc(S(=O)(=O)N3CCC[C@H]3c3ccc(Cl)cc3)ccc21. The van der Waals surface area contributed by atoms with Gasteiger partial charge in [0, 0.05) is 24.6 Å². The van der Waals surface area contributed by atoms with E-state index in [0.717, 1.165) is 18.4 Å². The average Bonchev–Trinajstić information content (AvgIpc) is 3.18. The summed E-state index contributed by atoms with van der Waals surface area (Å²) in [5, 5.41) is 0.623. The number of nitrogens with zero attached hydrogens (tertiary/aromatic N) is 2. The first-order valence-corrected chi connectivity index (χ1v) is 11.0. The summed E-state index contributed by atoms with van der Waals surface area (Å²) in [6, 6.07) is 11.8. The molecule has 2 aliphatic heterocycles. The third-order valence-electron chi connectivity index (χ3n) is 5.24. The number of rotatable bonds is 3. The number of anilines is 1. The van der Waals surface area contributed by atoms with Crippen molar-refractivity contribution < 1.29 is 17.9 Å². The molecule has 4 rings (SSSR count). The van der Waals surface area contributed by atoms with Gasteiger partial charge in [-0.15, -0.1) is 0 Å². The molecular formula is C20H21ClN2O4S. The Balaban J connectivity index is 1.68. The van der Waals surface area contributed by atoms with Crippen molar-refractivity contribution in [1.82, 2.24) is 4.31 Å². The van der Waals surface area contributed by atoms with Gasteiger partial charge < -0.3 is 9.64 Å². The molecule has 6 nitrogen and oxygen atoms in total. The van der Waals surface area contributed by atoms with Crippen LogP contribution in [0.4, 0.5) is 5.69 Å². The molecular weight excluding hydrogens is 400 g/mol. The number of halogens is 1. The minimum atomic E-state index is -3.70. The Morgan fingerprint density at radius 1 is 1.14 bits per heavy atom. The normalized spacial score (nSPS) is 19.9. The maximum absolute atomic E-state index is 13.4. The first kappa shape index (κ1) is 19.2. The van der Waals surface area contributed by atoms with E-state index in [1.807, 2.05) is 12.1 Å². The molecule has 2 aromatic rings. The van der Waals surface area contributed by atoms with Crippen molar-refractivity contribution in [2.24, 2.45) is 0 Å². The maximum atomic E-state index is 13.4. The van der Waals surface area contributed by atoms with Crippen molar-refractivity contribution in [2.75, 3.05) is 24.6 Å². The highest BCUT2D eigenvalue weighted by atomic mass is 35.5. The van der Waals surface area contributed by atoms with Gasteiger partial charge >= 0.3 is 0 Å². The quantitative estimate of drug-likeness (QED) is 0.760. The Kier molecular flexibility index (Phi) is 5.07. The lowest BCUT2D eigenvalue weighted by atomic mass is 10.1. The maximum Gasteiger partial charge on any atom is 0.243 e. The van der Waals surface area contributed by atoms with Crippen LogP contribution in [0, 0.1) is 0 Å². The summed E-state index contributed by atoms with van der Waals surface area (Å²) in [5.74, 6) is 0.326. The van der Waals surface area contributed by atoms with Gasteiger partial charge in [0.25, 0.3) is 0 Å². The largest absolute Gasteiger partial charge is 0.489 e. The van der Waals surface area contributed by atoms with Crippen LogP contribution in [0.3, 0.4) is 0 Å². The molecule has 1 fully saturated rings. The van der Waals surface area contributed by atoms with Crippen LogP contribution in [-0.4, -0.2) is 38.3 Å². The summed E-state index contributed by atoms with van der Waals surface area (Å²) in [6.45, 7) is 2.75. The molecule has 0 radical (unpaired) electrons. The molecule has 148 valence electrons. The fourth-order valence-corrected chi connectivity index (χ4v) is 5.69. The Morgan fingerprint density at radius 3 is 2.61 bits per heavy atom. The number of ether oxygens (including phenoxy) is 1. The van der Waals surface area contributed by atoms with Gasteiger partial charge in [-0.1, -0.05) is 23.7 Å². The van der Waals surface area contributed by atoms with Gasteiger partial charge in [0.15, 0.2) is 0 Å². The molecule has 0 N–H and O–H groups in total. The summed E-state index contributed by atoms with van der Waals surface area (Å²) in [5.41, 5.74) is 1.54. The van der Waals surface area contributed by atoms with E-state index in [0.29, 0.717) is 36.2 Å². The number of fused-ring (bicyclic) bond motifs is 1. The van der Waals surface area contributed by atoms with Crippen LogP contribution in [-0.2, 0) is 14.8 Å². The van der Waals surface area contributed by atoms with Crippen molar-refractivity contribution in [3.05, 3.63) is 53.1 Å². The summed E-state index contributed by atoms with van der Waals surface area (Å²) < 4.78 is 33.9. The molecule has 1 saturated heterocycles. The molecule has 2 aliphatic rings. The van der Waals surface area contributed by atoms with E-state index in [4.69, 9.17) is 16.3 Å². The van der Waals surface area contributed by atoms with Crippen LogP contribution in [0.5, 0.6) is 5.75 Å². The van der Waals surface area contributed by atoms with Gasteiger partial charge in [-0.05, 0) is 42.7 Å². The second-order valence-corrected chi connectivity index (χ2v) is 9.30.